The Balaban J connectivity index is 1.85. The van der Waals surface area contributed by atoms with Crippen LogP contribution >= 0.6 is 11.6 Å². The highest BCUT2D eigenvalue weighted by Crippen LogP contribution is 2.22. The zero-order valence-corrected chi connectivity index (χ0v) is 14.4. The largest absolute Gasteiger partial charge is 0.441 e. The lowest BCUT2D eigenvalue weighted by molar-refractivity contribution is -0.128. The number of nitrogens with one attached hydrogen (secondary N) is 2. The van der Waals surface area contributed by atoms with Crippen molar-refractivity contribution in [3.63, 3.8) is 0 Å². The maximum Gasteiger partial charge on any atom is 0.242 e. The molecule has 1 heterocycles. The van der Waals surface area contributed by atoms with Crippen molar-refractivity contribution in [3.8, 4) is 11.3 Å². The minimum atomic E-state index is -0.563. The second kappa shape index (κ2) is 8.49. The fourth-order valence-corrected chi connectivity index (χ4v) is 2.23. The normalized spacial score (nSPS) is 11.8. The third-order valence-electron chi connectivity index (χ3n) is 3.37. The van der Waals surface area contributed by atoms with Crippen molar-refractivity contribution < 1.29 is 14.0 Å². The van der Waals surface area contributed by atoms with Crippen molar-refractivity contribution in [1.29, 1.82) is 0 Å². The number of amides is 2. The van der Waals surface area contributed by atoms with Crippen molar-refractivity contribution in [1.82, 2.24) is 15.6 Å². The molecule has 2 N–H and O–H groups in total. The van der Waals surface area contributed by atoms with Crippen LogP contribution in [0.4, 0.5) is 0 Å². The number of aromatic nitrogens is 1. The van der Waals surface area contributed by atoms with Gasteiger partial charge in [-0.2, -0.15) is 0 Å². The molecule has 2 aromatic rings. The van der Waals surface area contributed by atoms with Crippen molar-refractivity contribution in [3.05, 3.63) is 41.4 Å². The topological polar surface area (TPSA) is 84.2 Å². The number of aryl methyl sites for hydroxylation is 1. The zero-order chi connectivity index (χ0) is 17.5. The Morgan fingerprint density at radius 2 is 2.00 bits per heavy atom. The van der Waals surface area contributed by atoms with E-state index in [1.165, 1.54) is 0 Å². The summed E-state index contributed by atoms with van der Waals surface area (Å²) in [6.07, 6.45) is 2.18. The monoisotopic (exact) mass is 349 g/mol. The van der Waals surface area contributed by atoms with Crippen LogP contribution < -0.4 is 10.6 Å². The number of rotatable bonds is 7. The van der Waals surface area contributed by atoms with E-state index in [1.54, 1.807) is 25.3 Å². The zero-order valence-electron chi connectivity index (χ0n) is 13.6. The van der Waals surface area contributed by atoms with E-state index >= 15 is 0 Å². The molecule has 1 aromatic carbocycles. The number of halogens is 1. The summed E-state index contributed by atoms with van der Waals surface area (Å²) in [5, 5.41) is 5.95. The SMILES string of the molecule is CCNC(=O)C(C)NC(=O)CCc1ncc(-c2ccc(Cl)cc2)o1. The first-order chi connectivity index (χ1) is 11.5. The second-order valence-electron chi connectivity index (χ2n) is 5.31. The lowest BCUT2D eigenvalue weighted by Gasteiger charge is -2.12. The van der Waals surface area contributed by atoms with Crippen LogP contribution in [0.2, 0.25) is 5.02 Å². The smallest absolute Gasteiger partial charge is 0.242 e. The van der Waals surface area contributed by atoms with Gasteiger partial charge in [0.05, 0.1) is 6.20 Å². The van der Waals surface area contributed by atoms with E-state index in [-0.39, 0.29) is 18.2 Å². The summed E-state index contributed by atoms with van der Waals surface area (Å²) in [4.78, 5) is 27.6. The minimum Gasteiger partial charge on any atom is -0.441 e. The highest BCUT2D eigenvalue weighted by atomic mass is 35.5. The summed E-state index contributed by atoms with van der Waals surface area (Å²) in [6.45, 7) is 4.00. The third-order valence-corrected chi connectivity index (χ3v) is 3.62. The van der Waals surface area contributed by atoms with Crippen molar-refractivity contribution in [2.45, 2.75) is 32.7 Å². The van der Waals surface area contributed by atoms with E-state index in [0.29, 0.717) is 29.6 Å². The molecule has 0 spiro atoms. The molecule has 128 valence electrons. The van der Waals surface area contributed by atoms with Crippen LogP contribution in [0.25, 0.3) is 11.3 Å². The van der Waals surface area contributed by atoms with Crippen molar-refractivity contribution in [2.24, 2.45) is 0 Å². The summed E-state index contributed by atoms with van der Waals surface area (Å²) in [7, 11) is 0. The second-order valence-corrected chi connectivity index (χ2v) is 5.75. The maximum atomic E-state index is 11.9. The number of carbonyl (C=O) groups is 2. The number of oxazole rings is 1. The molecule has 1 aromatic heterocycles. The number of likely N-dealkylation sites (N-methyl/N-ethyl adjacent to an activating group) is 1. The molecule has 1 unspecified atom stereocenters. The van der Waals surface area contributed by atoms with Crippen LogP contribution in [0.15, 0.2) is 34.9 Å². The van der Waals surface area contributed by atoms with Gasteiger partial charge in [-0.3, -0.25) is 9.59 Å². The van der Waals surface area contributed by atoms with Gasteiger partial charge in [0.2, 0.25) is 11.8 Å². The molecule has 0 fully saturated rings. The van der Waals surface area contributed by atoms with Gasteiger partial charge in [0, 0.05) is 30.0 Å². The van der Waals surface area contributed by atoms with Crippen LogP contribution in [0.5, 0.6) is 0 Å². The van der Waals surface area contributed by atoms with Gasteiger partial charge in [-0.25, -0.2) is 4.98 Å². The Bertz CT molecular complexity index is 697. The van der Waals surface area contributed by atoms with E-state index in [9.17, 15) is 9.59 Å². The van der Waals surface area contributed by atoms with Gasteiger partial charge in [0.15, 0.2) is 11.7 Å². The number of hydrogen-bond acceptors (Lipinski definition) is 4. The van der Waals surface area contributed by atoms with Crippen LogP contribution in [0, 0.1) is 0 Å². The summed E-state index contributed by atoms with van der Waals surface area (Å²) in [5.41, 5.74) is 0.868. The standard InChI is InChI=1S/C17H20ClN3O3/c1-3-19-17(23)11(2)21-15(22)8-9-16-20-10-14(24-16)12-4-6-13(18)7-5-12/h4-7,10-11H,3,8-9H2,1-2H3,(H,19,23)(H,21,22). The van der Waals surface area contributed by atoms with Gasteiger partial charge >= 0.3 is 0 Å². The quantitative estimate of drug-likeness (QED) is 0.804. The van der Waals surface area contributed by atoms with Gasteiger partial charge in [-0.15, -0.1) is 0 Å². The fraction of sp³-hybridized carbons (Fsp3) is 0.353. The molecule has 0 saturated carbocycles. The van der Waals surface area contributed by atoms with E-state index in [2.05, 4.69) is 15.6 Å². The Hall–Kier alpha value is -2.34. The number of nitrogens with zero attached hydrogens (tertiary/aromatic N) is 1. The van der Waals surface area contributed by atoms with Gasteiger partial charge in [0.25, 0.3) is 0 Å². The number of carbonyl (C=O) groups excluding carboxylic acids is 2. The first-order valence-electron chi connectivity index (χ1n) is 7.77. The Morgan fingerprint density at radius 1 is 1.29 bits per heavy atom. The molecule has 0 saturated heterocycles. The molecule has 2 rings (SSSR count). The molecule has 2 amide bonds. The van der Waals surface area contributed by atoms with Gasteiger partial charge in [0.1, 0.15) is 6.04 Å². The first-order valence-corrected chi connectivity index (χ1v) is 8.15. The summed E-state index contributed by atoms with van der Waals surface area (Å²) >= 11 is 5.85. The van der Waals surface area contributed by atoms with E-state index in [1.807, 2.05) is 19.1 Å². The molecule has 0 bridgehead atoms. The number of benzene rings is 1. The molecule has 1 atom stereocenters. The molecular weight excluding hydrogens is 330 g/mol. The predicted octanol–water partition coefficient (Wildman–Crippen LogP) is 2.57. The Kier molecular flexibility index (Phi) is 6.37. The van der Waals surface area contributed by atoms with Crippen molar-refractivity contribution >= 4 is 23.4 Å². The van der Waals surface area contributed by atoms with Crippen molar-refractivity contribution in [2.75, 3.05) is 6.54 Å². The molecule has 24 heavy (non-hydrogen) atoms. The molecular formula is C17H20ClN3O3. The predicted molar refractivity (Wildman–Crippen MR) is 91.6 cm³/mol. The molecule has 0 aliphatic heterocycles. The lowest BCUT2D eigenvalue weighted by Crippen LogP contribution is -2.44. The van der Waals surface area contributed by atoms with Crippen LogP contribution in [-0.4, -0.2) is 29.4 Å². The highest BCUT2D eigenvalue weighted by Gasteiger charge is 2.15. The summed E-state index contributed by atoms with van der Waals surface area (Å²) in [5.74, 6) is 0.672. The van der Waals surface area contributed by atoms with E-state index in [0.717, 1.165) is 5.56 Å². The average Bonchev–Trinajstić information content (AvgIpc) is 3.03. The lowest BCUT2D eigenvalue weighted by atomic mass is 10.2. The Morgan fingerprint density at radius 3 is 2.67 bits per heavy atom. The van der Waals surface area contributed by atoms with Crippen LogP contribution in [0.3, 0.4) is 0 Å². The molecule has 0 aliphatic carbocycles. The Labute approximate surface area is 145 Å². The van der Waals surface area contributed by atoms with Gasteiger partial charge in [-0.1, -0.05) is 11.6 Å². The van der Waals surface area contributed by atoms with Crippen LogP contribution in [0.1, 0.15) is 26.2 Å². The highest BCUT2D eigenvalue weighted by molar-refractivity contribution is 6.30. The maximum absolute atomic E-state index is 11.9. The molecule has 6 nitrogen and oxygen atoms in total. The summed E-state index contributed by atoms with van der Waals surface area (Å²) in [6, 6.07) is 6.66. The average molecular weight is 350 g/mol. The van der Waals surface area contributed by atoms with Crippen LogP contribution in [-0.2, 0) is 16.0 Å². The fourth-order valence-electron chi connectivity index (χ4n) is 2.10. The molecule has 0 radical (unpaired) electrons. The minimum absolute atomic E-state index is 0.199. The number of hydrogen-bond donors (Lipinski definition) is 2. The third kappa shape index (κ3) is 5.09. The first kappa shape index (κ1) is 18.0. The molecule has 0 aliphatic rings. The van der Waals surface area contributed by atoms with E-state index in [4.69, 9.17) is 16.0 Å². The molecule has 7 heteroatoms. The van der Waals surface area contributed by atoms with E-state index < -0.39 is 6.04 Å². The van der Waals surface area contributed by atoms with Gasteiger partial charge in [-0.05, 0) is 38.1 Å². The summed E-state index contributed by atoms with van der Waals surface area (Å²) < 4.78 is 5.64. The van der Waals surface area contributed by atoms with Gasteiger partial charge < -0.3 is 15.1 Å².